The average Bonchev–Trinajstić information content (AvgIpc) is 3.27. The molecule has 6 heteroatoms. The van der Waals surface area contributed by atoms with E-state index in [0.29, 0.717) is 12.5 Å². The van der Waals surface area contributed by atoms with E-state index in [4.69, 9.17) is 4.74 Å². The van der Waals surface area contributed by atoms with Crippen LogP contribution in [0, 0.1) is 6.92 Å². The Hall–Kier alpha value is -3.28. The first-order chi connectivity index (χ1) is 14.2. The number of para-hydroxylation sites is 1. The molecule has 0 amide bonds. The number of aromatic nitrogens is 2. The zero-order chi connectivity index (χ0) is 20.1. The molecule has 0 radical (unpaired) electrons. The number of nitrogens with zero attached hydrogens (tertiary/aromatic N) is 3. The standard InChI is InChI=1S/C23H27N5O/c1-17-15-22(24-16-18-7-3-4-8-21(18)29-2)27-23(25-17)26-19-9-11-20(12-10-19)28-13-5-6-14-28/h3-4,7-12,15H,5-6,13-14,16H2,1-2H3,(H2,24,25,26,27). The second kappa shape index (κ2) is 8.82. The smallest absolute Gasteiger partial charge is 0.229 e. The number of ether oxygens (including phenoxy) is 1. The van der Waals surface area contributed by atoms with E-state index in [1.807, 2.05) is 37.3 Å². The van der Waals surface area contributed by atoms with Crippen LogP contribution in [0.2, 0.25) is 0 Å². The van der Waals surface area contributed by atoms with Crippen LogP contribution in [-0.2, 0) is 6.54 Å². The van der Waals surface area contributed by atoms with Crippen molar-refractivity contribution < 1.29 is 4.74 Å². The average molecular weight is 390 g/mol. The monoisotopic (exact) mass is 389 g/mol. The maximum absolute atomic E-state index is 5.42. The van der Waals surface area contributed by atoms with Crippen molar-refractivity contribution >= 4 is 23.1 Å². The van der Waals surface area contributed by atoms with Crippen molar-refractivity contribution in [2.75, 3.05) is 35.7 Å². The number of benzene rings is 2. The molecule has 0 saturated carbocycles. The number of anilines is 4. The van der Waals surface area contributed by atoms with Crippen LogP contribution >= 0.6 is 0 Å². The molecule has 1 saturated heterocycles. The summed E-state index contributed by atoms with van der Waals surface area (Å²) in [6, 6.07) is 18.4. The van der Waals surface area contributed by atoms with Gasteiger partial charge in [0.25, 0.3) is 0 Å². The third-order valence-electron chi connectivity index (χ3n) is 5.10. The number of hydrogen-bond acceptors (Lipinski definition) is 6. The molecule has 1 aromatic heterocycles. The Morgan fingerprint density at radius 2 is 1.76 bits per heavy atom. The summed E-state index contributed by atoms with van der Waals surface area (Å²) < 4.78 is 5.42. The highest BCUT2D eigenvalue weighted by Crippen LogP contribution is 2.24. The lowest BCUT2D eigenvalue weighted by atomic mass is 10.2. The van der Waals surface area contributed by atoms with Gasteiger partial charge in [-0.15, -0.1) is 0 Å². The molecule has 0 bridgehead atoms. The van der Waals surface area contributed by atoms with E-state index in [1.54, 1.807) is 7.11 Å². The number of methoxy groups -OCH3 is 1. The lowest BCUT2D eigenvalue weighted by molar-refractivity contribution is 0.410. The zero-order valence-corrected chi connectivity index (χ0v) is 17.0. The Bertz CT molecular complexity index is 952. The number of aryl methyl sites for hydroxylation is 1. The van der Waals surface area contributed by atoms with Gasteiger partial charge in [-0.05, 0) is 50.1 Å². The van der Waals surface area contributed by atoms with Gasteiger partial charge in [-0.2, -0.15) is 4.98 Å². The molecular formula is C23H27N5O. The van der Waals surface area contributed by atoms with Crippen molar-refractivity contribution in [2.24, 2.45) is 0 Å². The van der Waals surface area contributed by atoms with Crippen molar-refractivity contribution in [2.45, 2.75) is 26.3 Å². The Morgan fingerprint density at radius 1 is 1.00 bits per heavy atom. The van der Waals surface area contributed by atoms with Crippen LogP contribution in [-0.4, -0.2) is 30.2 Å². The van der Waals surface area contributed by atoms with Crippen LogP contribution in [0.5, 0.6) is 5.75 Å². The van der Waals surface area contributed by atoms with Crippen LogP contribution in [0.3, 0.4) is 0 Å². The Labute approximate surface area is 172 Å². The van der Waals surface area contributed by atoms with Crippen LogP contribution in [0.4, 0.5) is 23.1 Å². The van der Waals surface area contributed by atoms with E-state index in [0.717, 1.165) is 41.6 Å². The second-order valence-electron chi connectivity index (χ2n) is 7.25. The molecule has 0 unspecified atom stereocenters. The van der Waals surface area contributed by atoms with Gasteiger partial charge < -0.3 is 20.3 Å². The fourth-order valence-corrected chi connectivity index (χ4v) is 3.61. The first-order valence-corrected chi connectivity index (χ1v) is 10.0. The van der Waals surface area contributed by atoms with Crippen molar-refractivity contribution in [3.63, 3.8) is 0 Å². The third kappa shape index (κ3) is 4.77. The van der Waals surface area contributed by atoms with E-state index in [2.05, 4.69) is 49.8 Å². The van der Waals surface area contributed by atoms with E-state index in [9.17, 15) is 0 Å². The molecular weight excluding hydrogens is 362 g/mol. The minimum atomic E-state index is 0.585. The van der Waals surface area contributed by atoms with Crippen LogP contribution in [0.25, 0.3) is 0 Å². The van der Waals surface area contributed by atoms with Gasteiger partial charge in [-0.1, -0.05) is 18.2 Å². The lowest BCUT2D eigenvalue weighted by Gasteiger charge is -2.18. The lowest BCUT2D eigenvalue weighted by Crippen LogP contribution is -2.17. The molecule has 2 heterocycles. The molecule has 2 aromatic carbocycles. The molecule has 4 rings (SSSR count). The predicted molar refractivity (Wildman–Crippen MR) is 118 cm³/mol. The predicted octanol–water partition coefficient (Wildman–Crippen LogP) is 4.75. The summed E-state index contributed by atoms with van der Waals surface area (Å²) in [5.41, 5.74) is 4.24. The molecule has 1 aliphatic rings. The van der Waals surface area contributed by atoms with Crippen molar-refractivity contribution in [3.05, 3.63) is 65.9 Å². The zero-order valence-electron chi connectivity index (χ0n) is 17.0. The molecule has 1 aliphatic heterocycles. The molecule has 0 spiro atoms. The normalized spacial score (nSPS) is 13.4. The minimum absolute atomic E-state index is 0.585. The summed E-state index contributed by atoms with van der Waals surface area (Å²) in [4.78, 5) is 11.6. The Morgan fingerprint density at radius 3 is 2.52 bits per heavy atom. The molecule has 0 aliphatic carbocycles. The van der Waals surface area contributed by atoms with Crippen molar-refractivity contribution in [3.8, 4) is 5.75 Å². The van der Waals surface area contributed by atoms with Crippen LogP contribution in [0.15, 0.2) is 54.6 Å². The van der Waals surface area contributed by atoms with Crippen molar-refractivity contribution in [1.29, 1.82) is 0 Å². The molecule has 6 nitrogen and oxygen atoms in total. The Balaban J connectivity index is 1.44. The molecule has 2 N–H and O–H groups in total. The van der Waals surface area contributed by atoms with Gasteiger partial charge in [0.1, 0.15) is 11.6 Å². The minimum Gasteiger partial charge on any atom is -0.496 e. The fraction of sp³-hybridized carbons (Fsp3) is 0.304. The van der Waals surface area contributed by atoms with Gasteiger partial charge in [0.05, 0.1) is 7.11 Å². The highest BCUT2D eigenvalue weighted by molar-refractivity contribution is 5.60. The molecule has 3 aromatic rings. The van der Waals surface area contributed by atoms with Gasteiger partial charge >= 0.3 is 0 Å². The molecule has 29 heavy (non-hydrogen) atoms. The van der Waals surface area contributed by atoms with Crippen LogP contribution < -0.4 is 20.3 Å². The highest BCUT2D eigenvalue weighted by Gasteiger charge is 2.12. The van der Waals surface area contributed by atoms with Crippen molar-refractivity contribution in [1.82, 2.24) is 9.97 Å². The number of rotatable bonds is 7. The van der Waals surface area contributed by atoms with E-state index >= 15 is 0 Å². The maximum Gasteiger partial charge on any atom is 0.229 e. The summed E-state index contributed by atoms with van der Waals surface area (Å²) >= 11 is 0. The molecule has 0 atom stereocenters. The second-order valence-corrected chi connectivity index (χ2v) is 7.25. The SMILES string of the molecule is COc1ccccc1CNc1cc(C)nc(Nc2ccc(N3CCCC3)cc2)n1. The van der Waals surface area contributed by atoms with Crippen LogP contribution in [0.1, 0.15) is 24.1 Å². The van der Waals surface area contributed by atoms with Gasteiger partial charge in [0.2, 0.25) is 5.95 Å². The molecule has 1 fully saturated rings. The van der Waals surface area contributed by atoms with E-state index < -0.39 is 0 Å². The highest BCUT2D eigenvalue weighted by atomic mass is 16.5. The quantitative estimate of drug-likeness (QED) is 0.608. The van der Waals surface area contributed by atoms with Gasteiger partial charge in [0, 0.05) is 48.3 Å². The molecule has 150 valence electrons. The topological polar surface area (TPSA) is 62.3 Å². The first-order valence-electron chi connectivity index (χ1n) is 10.0. The third-order valence-corrected chi connectivity index (χ3v) is 5.10. The number of nitrogens with one attached hydrogen (secondary N) is 2. The number of hydrogen-bond donors (Lipinski definition) is 2. The maximum atomic E-state index is 5.42. The largest absolute Gasteiger partial charge is 0.496 e. The van der Waals surface area contributed by atoms with Gasteiger partial charge in [-0.3, -0.25) is 0 Å². The first kappa shape index (κ1) is 19.1. The summed E-state index contributed by atoms with van der Waals surface area (Å²) in [6.45, 7) is 4.89. The summed E-state index contributed by atoms with van der Waals surface area (Å²) in [5.74, 6) is 2.23. The summed E-state index contributed by atoms with van der Waals surface area (Å²) in [6.07, 6.45) is 2.56. The van der Waals surface area contributed by atoms with Gasteiger partial charge in [-0.25, -0.2) is 4.98 Å². The van der Waals surface area contributed by atoms with E-state index in [-0.39, 0.29) is 0 Å². The fourth-order valence-electron chi connectivity index (χ4n) is 3.61. The van der Waals surface area contributed by atoms with Gasteiger partial charge in [0.15, 0.2) is 0 Å². The van der Waals surface area contributed by atoms with E-state index in [1.165, 1.54) is 18.5 Å². The summed E-state index contributed by atoms with van der Waals surface area (Å²) in [5, 5.41) is 6.69. The Kier molecular flexibility index (Phi) is 5.79. The summed E-state index contributed by atoms with van der Waals surface area (Å²) in [7, 11) is 1.69.